The van der Waals surface area contributed by atoms with Crippen LogP contribution >= 0.6 is 0 Å². The SMILES string of the molecule is COc1ccc(C(=O)COC(=O)c2nc(-c3ccccc3)oc2C)c(OC)c1. The molecule has 7 heteroatoms. The molecule has 0 fully saturated rings. The molecule has 0 bridgehead atoms. The molecule has 0 aliphatic rings. The standard InChI is InChI=1S/C21H19NO6/c1-13-19(22-20(28-13)14-7-5-4-6-8-14)21(24)27-12-17(23)16-10-9-15(25-2)11-18(16)26-3/h4-11H,12H2,1-3H3. The zero-order valence-corrected chi connectivity index (χ0v) is 15.7. The van der Waals surface area contributed by atoms with Gasteiger partial charge in [0.05, 0.1) is 19.8 Å². The maximum absolute atomic E-state index is 12.4. The highest BCUT2D eigenvalue weighted by Crippen LogP contribution is 2.25. The van der Waals surface area contributed by atoms with Crippen molar-refractivity contribution in [1.82, 2.24) is 4.98 Å². The number of hydrogen-bond donors (Lipinski definition) is 0. The Kier molecular flexibility index (Phi) is 5.74. The summed E-state index contributed by atoms with van der Waals surface area (Å²) in [6.07, 6.45) is 0. The van der Waals surface area contributed by atoms with Gasteiger partial charge in [0.2, 0.25) is 11.7 Å². The summed E-state index contributed by atoms with van der Waals surface area (Å²) in [6.45, 7) is 1.17. The van der Waals surface area contributed by atoms with Crippen LogP contribution in [0.2, 0.25) is 0 Å². The van der Waals surface area contributed by atoms with E-state index in [-0.39, 0.29) is 11.3 Å². The van der Waals surface area contributed by atoms with E-state index in [1.807, 2.05) is 30.3 Å². The van der Waals surface area contributed by atoms with Gasteiger partial charge in [-0.15, -0.1) is 0 Å². The highest BCUT2D eigenvalue weighted by atomic mass is 16.5. The van der Waals surface area contributed by atoms with Gasteiger partial charge in [-0.25, -0.2) is 9.78 Å². The lowest BCUT2D eigenvalue weighted by Gasteiger charge is -2.09. The largest absolute Gasteiger partial charge is 0.497 e. The first-order valence-corrected chi connectivity index (χ1v) is 8.48. The number of ketones is 1. The van der Waals surface area contributed by atoms with Crippen LogP contribution < -0.4 is 9.47 Å². The molecule has 2 aromatic carbocycles. The molecule has 3 rings (SSSR count). The lowest BCUT2D eigenvalue weighted by molar-refractivity contribution is 0.0467. The number of aromatic nitrogens is 1. The van der Waals surface area contributed by atoms with Crippen molar-refractivity contribution in [3.8, 4) is 23.0 Å². The Bertz CT molecular complexity index is 993. The lowest BCUT2D eigenvalue weighted by atomic mass is 10.1. The van der Waals surface area contributed by atoms with E-state index in [0.29, 0.717) is 23.1 Å². The van der Waals surface area contributed by atoms with E-state index >= 15 is 0 Å². The Morgan fingerprint density at radius 3 is 2.46 bits per heavy atom. The van der Waals surface area contributed by atoms with Crippen LogP contribution in [0.15, 0.2) is 52.9 Å². The van der Waals surface area contributed by atoms with Gasteiger partial charge in [0.1, 0.15) is 17.3 Å². The van der Waals surface area contributed by atoms with Crippen LogP contribution in [0.25, 0.3) is 11.5 Å². The van der Waals surface area contributed by atoms with Crippen molar-refractivity contribution >= 4 is 11.8 Å². The van der Waals surface area contributed by atoms with Crippen molar-refractivity contribution in [3.05, 3.63) is 65.5 Å². The van der Waals surface area contributed by atoms with Crippen molar-refractivity contribution in [2.75, 3.05) is 20.8 Å². The van der Waals surface area contributed by atoms with E-state index in [0.717, 1.165) is 5.56 Å². The molecule has 0 atom stereocenters. The molecule has 0 radical (unpaired) electrons. The lowest BCUT2D eigenvalue weighted by Crippen LogP contribution is -2.16. The van der Waals surface area contributed by atoms with Crippen LogP contribution in [-0.2, 0) is 4.74 Å². The summed E-state index contributed by atoms with van der Waals surface area (Å²) in [5.41, 5.74) is 1.06. The summed E-state index contributed by atoms with van der Waals surface area (Å²) >= 11 is 0. The van der Waals surface area contributed by atoms with Gasteiger partial charge < -0.3 is 18.6 Å². The summed E-state index contributed by atoms with van der Waals surface area (Å²) in [4.78, 5) is 29.0. The van der Waals surface area contributed by atoms with Crippen molar-refractivity contribution in [2.45, 2.75) is 6.92 Å². The number of oxazole rings is 1. The average molecular weight is 381 g/mol. The maximum Gasteiger partial charge on any atom is 0.361 e. The highest BCUT2D eigenvalue weighted by Gasteiger charge is 2.21. The third kappa shape index (κ3) is 4.03. The van der Waals surface area contributed by atoms with Crippen molar-refractivity contribution in [3.63, 3.8) is 0 Å². The molecule has 0 saturated carbocycles. The number of methoxy groups -OCH3 is 2. The van der Waals surface area contributed by atoms with Crippen LogP contribution in [0.1, 0.15) is 26.6 Å². The third-order valence-corrected chi connectivity index (χ3v) is 4.05. The fraction of sp³-hybridized carbons (Fsp3) is 0.190. The number of nitrogens with zero attached hydrogens (tertiary/aromatic N) is 1. The number of carbonyl (C=O) groups is 2. The van der Waals surface area contributed by atoms with Crippen molar-refractivity contribution in [2.24, 2.45) is 0 Å². The Labute approximate surface area is 161 Å². The molecular weight excluding hydrogens is 362 g/mol. The van der Waals surface area contributed by atoms with Crippen molar-refractivity contribution in [1.29, 1.82) is 0 Å². The number of Topliss-reactive ketones (excluding diaryl/α,β-unsaturated/α-hetero) is 1. The topological polar surface area (TPSA) is 87.9 Å². The Hall–Kier alpha value is -3.61. The molecule has 1 aromatic heterocycles. The van der Waals surface area contributed by atoms with E-state index in [4.69, 9.17) is 18.6 Å². The number of aryl methyl sites for hydroxylation is 1. The molecular formula is C21H19NO6. The number of carbonyl (C=O) groups excluding carboxylic acids is 2. The van der Waals surface area contributed by atoms with Gasteiger partial charge in [0.15, 0.2) is 12.3 Å². The predicted octanol–water partition coefficient (Wildman–Crippen LogP) is 3.71. The highest BCUT2D eigenvalue weighted by molar-refractivity contribution is 6.01. The molecule has 7 nitrogen and oxygen atoms in total. The van der Waals surface area contributed by atoms with E-state index in [2.05, 4.69) is 4.98 Å². The molecule has 28 heavy (non-hydrogen) atoms. The molecule has 0 aliphatic carbocycles. The minimum Gasteiger partial charge on any atom is -0.497 e. The Balaban J connectivity index is 1.71. The van der Waals surface area contributed by atoms with Crippen LogP contribution in [0.4, 0.5) is 0 Å². The fourth-order valence-electron chi connectivity index (χ4n) is 2.60. The molecule has 0 amide bonds. The molecule has 144 valence electrons. The van der Waals surface area contributed by atoms with Gasteiger partial charge in [0.25, 0.3) is 0 Å². The second-order valence-electron chi connectivity index (χ2n) is 5.86. The summed E-state index contributed by atoms with van der Waals surface area (Å²) in [5, 5.41) is 0. The number of esters is 1. The Morgan fingerprint density at radius 1 is 1.04 bits per heavy atom. The number of rotatable bonds is 7. The number of benzene rings is 2. The van der Waals surface area contributed by atoms with Gasteiger partial charge >= 0.3 is 5.97 Å². The van der Waals surface area contributed by atoms with Gasteiger partial charge in [-0.2, -0.15) is 0 Å². The molecule has 3 aromatic rings. The summed E-state index contributed by atoms with van der Waals surface area (Å²) in [7, 11) is 2.96. The first-order valence-electron chi connectivity index (χ1n) is 8.48. The van der Waals surface area contributed by atoms with E-state index in [1.165, 1.54) is 14.2 Å². The van der Waals surface area contributed by atoms with Gasteiger partial charge in [0, 0.05) is 11.6 Å². The molecule has 1 heterocycles. The van der Waals surface area contributed by atoms with Gasteiger partial charge in [-0.05, 0) is 31.2 Å². The van der Waals surface area contributed by atoms with Crippen LogP contribution in [-0.4, -0.2) is 37.6 Å². The average Bonchev–Trinajstić information content (AvgIpc) is 3.13. The summed E-state index contributed by atoms with van der Waals surface area (Å²) in [6, 6.07) is 14.0. The van der Waals surface area contributed by atoms with E-state index in [1.54, 1.807) is 25.1 Å². The second kappa shape index (κ2) is 8.39. The van der Waals surface area contributed by atoms with E-state index < -0.39 is 18.4 Å². The predicted molar refractivity (Wildman–Crippen MR) is 101 cm³/mol. The fourth-order valence-corrected chi connectivity index (χ4v) is 2.60. The maximum atomic E-state index is 12.4. The first-order chi connectivity index (χ1) is 13.5. The number of ether oxygens (including phenoxy) is 3. The summed E-state index contributed by atoms with van der Waals surface area (Å²) in [5.74, 6) is 0.384. The Morgan fingerprint density at radius 2 is 1.79 bits per heavy atom. The van der Waals surface area contributed by atoms with Crippen LogP contribution in [0.5, 0.6) is 11.5 Å². The van der Waals surface area contributed by atoms with Gasteiger partial charge in [-0.1, -0.05) is 18.2 Å². The zero-order valence-electron chi connectivity index (χ0n) is 15.7. The molecule has 0 spiro atoms. The molecule has 0 saturated heterocycles. The quantitative estimate of drug-likeness (QED) is 0.455. The van der Waals surface area contributed by atoms with Crippen molar-refractivity contribution < 1.29 is 28.2 Å². The number of hydrogen-bond acceptors (Lipinski definition) is 7. The zero-order chi connectivity index (χ0) is 20.1. The third-order valence-electron chi connectivity index (χ3n) is 4.05. The normalized spacial score (nSPS) is 10.4. The second-order valence-corrected chi connectivity index (χ2v) is 5.86. The molecule has 0 N–H and O–H groups in total. The molecule has 0 aliphatic heterocycles. The first kappa shape index (κ1) is 19.2. The minimum absolute atomic E-state index is 0.0355. The van der Waals surface area contributed by atoms with Gasteiger partial charge in [-0.3, -0.25) is 4.79 Å². The van der Waals surface area contributed by atoms with E-state index in [9.17, 15) is 9.59 Å². The monoisotopic (exact) mass is 381 g/mol. The smallest absolute Gasteiger partial charge is 0.361 e. The summed E-state index contributed by atoms with van der Waals surface area (Å²) < 4.78 is 21.0. The molecule has 0 unspecified atom stereocenters. The minimum atomic E-state index is -0.732. The van der Waals surface area contributed by atoms with Crippen LogP contribution in [0.3, 0.4) is 0 Å². The van der Waals surface area contributed by atoms with Crippen LogP contribution in [0, 0.1) is 6.92 Å².